The zero-order chi connectivity index (χ0) is 13.7. The van der Waals surface area contributed by atoms with E-state index in [0.717, 1.165) is 18.5 Å². The van der Waals surface area contributed by atoms with Gasteiger partial charge in [-0.2, -0.15) is 0 Å². The molecular formula is C16H24N2O. The number of benzene rings is 1. The lowest BCUT2D eigenvalue weighted by atomic mass is 9.96. The van der Waals surface area contributed by atoms with Gasteiger partial charge in [0.05, 0.1) is 0 Å². The van der Waals surface area contributed by atoms with Gasteiger partial charge < -0.3 is 5.32 Å². The molecule has 1 fully saturated rings. The molecular weight excluding hydrogens is 236 g/mol. The van der Waals surface area contributed by atoms with E-state index in [1.807, 2.05) is 36.1 Å². The van der Waals surface area contributed by atoms with Crippen molar-refractivity contribution < 1.29 is 4.79 Å². The van der Waals surface area contributed by atoms with Crippen LogP contribution in [0, 0.1) is 6.92 Å². The Bertz CT molecular complexity index is 407. The Morgan fingerprint density at radius 1 is 1.21 bits per heavy atom. The monoisotopic (exact) mass is 260 g/mol. The maximum Gasteiger partial charge on any atom is 0.322 e. The third kappa shape index (κ3) is 3.72. The van der Waals surface area contributed by atoms with Crippen molar-refractivity contribution in [2.24, 2.45) is 0 Å². The Kier molecular flexibility index (Phi) is 4.83. The summed E-state index contributed by atoms with van der Waals surface area (Å²) in [6.07, 6.45) is 6.03. The Morgan fingerprint density at radius 2 is 1.84 bits per heavy atom. The first kappa shape index (κ1) is 13.9. The lowest BCUT2D eigenvalue weighted by Gasteiger charge is -2.27. The van der Waals surface area contributed by atoms with E-state index in [4.69, 9.17) is 0 Å². The molecule has 0 spiro atoms. The average Bonchev–Trinajstić information content (AvgIpc) is 2.43. The summed E-state index contributed by atoms with van der Waals surface area (Å²) in [7, 11) is 0. The fraction of sp³-hybridized carbons (Fsp3) is 0.562. The normalized spacial score (nSPS) is 16.1. The molecule has 3 nitrogen and oxygen atoms in total. The molecule has 0 heterocycles. The first-order valence-electron chi connectivity index (χ1n) is 7.35. The molecule has 0 radical (unpaired) electrons. The maximum absolute atomic E-state index is 12.3. The smallest absolute Gasteiger partial charge is 0.322 e. The summed E-state index contributed by atoms with van der Waals surface area (Å²) in [4.78, 5) is 14.2. The Hall–Kier alpha value is -1.51. The summed E-state index contributed by atoms with van der Waals surface area (Å²) in [6.45, 7) is 4.77. The second-order valence-corrected chi connectivity index (χ2v) is 5.36. The minimum absolute atomic E-state index is 0.0400. The summed E-state index contributed by atoms with van der Waals surface area (Å²) >= 11 is 0. The van der Waals surface area contributed by atoms with Crippen LogP contribution in [0.4, 0.5) is 10.5 Å². The van der Waals surface area contributed by atoms with Gasteiger partial charge in [-0.3, -0.25) is 4.90 Å². The molecule has 0 bridgehead atoms. The number of carbonyl (C=O) groups is 1. The van der Waals surface area contributed by atoms with E-state index in [1.165, 1.54) is 24.8 Å². The second-order valence-electron chi connectivity index (χ2n) is 5.36. The number of anilines is 1. The van der Waals surface area contributed by atoms with Gasteiger partial charge in [0.15, 0.2) is 0 Å². The number of carbonyl (C=O) groups excluding carboxylic acids is 1. The molecule has 0 aromatic heterocycles. The van der Waals surface area contributed by atoms with Crippen molar-refractivity contribution >= 4 is 11.7 Å². The highest BCUT2D eigenvalue weighted by Gasteiger charge is 2.19. The summed E-state index contributed by atoms with van der Waals surface area (Å²) in [6, 6.07) is 8.52. The molecule has 0 atom stereocenters. The SMILES string of the molecule is CCN(C(=O)NC1CCCCC1)c1ccc(C)cc1. The minimum atomic E-state index is 0.0400. The Labute approximate surface area is 116 Å². The number of hydrogen-bond acceptors (Lipinski definition) is 1. The summed E-state index contributed by atoms with van der Waals surface area (Å²) in [5.41, 5.74) is 2.19. The van der Waals surface area contributed by atoms with Gasteiger partial charge in [-0.25, -0.2) is 4.79 Å². The third-order valence-electron chi connectivity index (χ3n) is 3.84. The van der Waals surface area contributed by atoms with E-state index in [2.05, 4.69) is 12.2 Å². The molecule has 1 aromatic rings. The Morgan fingerprint density at radius 3 is 2.42 bits per heavy atom. The van der Waals surface area contributed by atoms with E-state index in [1.54, 1.807) is 0 Å². The third-order valence-corrected chi connectivity index (χ3v) is 3.84. The van der Waals surface area contributed by atoms with Crippen LogP contribution in [0.5, 0.6) is 0 Å². The minimum Gasteiger partial charge on any atom is -0.335 e. The highest BCUT2D eigenvalue weighted by molar-refractivity contribution is 5.92. The predicted molar refractivity (Wildman–Crippen MR) is 79.6 cm³/mol. The van der Waals surface area contributed by atoms with Gasteiger partial charge in [-0.15, -0.1) is 0 Å². The molecule has 104 valence electrons. The molecule has 2 rings (SSSR count). The summed E-state index contributed by atoms with van der Waals surface area (Å²) < 4.78 is 0. The van der Waals surface area contributed by atoms with E-state index >= 15 is 0 Å². The zero-order valence-corrected chi connectivity index (χ0v) is 12.0. The maximum atomic E-state index is 12.3. The van der Waals surface area contributed by atoms with Crippen molar-refractivity contribution in [3.05, 3.63) is 29.8 Å². The van der Waals surface area contributed by atoms with Gasteiger partial charge in [0.1, 0.15) is 0 Å². The molecule has 1 N–H and O–H groups in total. The van der Waals surface area contributed by atoms with E-state index < -0.39 is 0 Å². The van der Waals surface area contributed by atoms with Crippen LogP contribution in [-0.2, 0) is 0 Å². The number of urea groups is 1. The van der Waals surface area contributed by atoms with Gasteiger partial charge in [-0.1, -0.05) is 37.0 Å². The van der Waals surface area contributed by atoms with Gasteiger partial charge in [-0.05, 0) is 38.8 Å². The lowest BCUT2D eigenvalue weighted by Crippen LogP contribution is -2.45. The van der Waals surface area contributed by atoms with Crippen molar-refractivity contribution in [3.63, 3.8) is 0 Å². The van der Waals surface area contributed by atoms with Crippen LogP contribution in [0.15, 0.2) is 24.3 Å². The first-order valence-corrected chi connectivity index (χ1v) is 7.35. The van der Waals surface area contributed by atoms with Crippen molar-refractivity contribution in [3.8, 4) is 0 Å². The number of aryl methyl sites for hydroxylation is 1. The summed E-state index contributed by atoms with van der Waals surface area (Å²) in [5, 5.41) is 3.17. The van der Waals surface area contributed by atoms with Crippen LogP contribution in [0.3, 0.4) is 0 Å². The van der Waals surface area contributed by atoms with Crippen LogP contribution < -0.4 is 10.2 Å². The average molecular weight is 260 g/mol. The van der Waals surface area contributed by atoms with E-state index in [-0.39, 0.29) is 6.03 Å². The van der Waals surface area contributed by atoms with Gasteiger partial charge in [0.2, 0.25) is 0 Å². The van der Waals surface area contributed by atoms with E-state index in [0.29, 0.717) is 12.6 Å². The van der Waals surface area contributed by atoms with Crippen LogP contribution >= 0.6 is 0 Å². The number of nitrogens with one attached hydrogen (secondary N) is 1. The number of rotatable bonds is 3. The fourth-order valence-corrected chi connectivity index (χ4v) is 2.67. The second kappa shape index (κ2) is 6.60. The van der Waals surface area contributed by atoms with Crippen molar-refractivity contribution in [2.45, 2.75) is 52.0 Å². The van der Waals surface area contributed by atoms with Crippen LogP contribution in [0.25, 0.3) is 0 Å². The molecule has 19 heavy (non-hydrogen) atoms. The van der Waals surface area contributed by atoms with Crippen LogP contribution in [0.1, 0.15) is 44.6 Å². The number of nitrogens with zero attached hydrogens (tertiary/aromatic N) is 1. The summed E-state index contributed by atoms with van der Waals surface area (Å²) in [5.74, 6) is 0. The van der Waals surface area contributed by atoms with Gasteiger partial charge in [0.25, 0.3) is 0 Å². The molecule has 0 unspecified atom stereocenters. The van der Waals surface area contributed by atoms with E-state index in [9.17, 15) is 4.79 Å². The highest BCUT2D eigenvalue weighted by Crippen LogP contribution is 2.19. The molecule has 1 saturated carbocycles. The fourth-order valence-electron chi connectivity index (χ4n) is 2.67. The van der Waals surface area contributed by atoms with Crippen molar-refractivity contribution in [2.75, 3.05) is 11.4 Å². The zero-order valence-electron chi connectivity index (χ0n) is 12.0. The van der Waals surface area contributed by atoms with Crippen molar-refractivity contribution in [1.29, 1.82) is 0 Å². The van der Waals surface area contributed by atoms with Crippen LogP contribution in [-0.4, -0.2) is 18.6 Å². The van der Waals surface area contributed by atoms with Gasteiger partial charge >= 0.3 is 6.03 Å². The quantitative estimate of drug-likeness (QED) is 0.879. The molecule has 3 heteroatoms. The highest BCUT2D eigenvalue weighted by atomic mass is 16.2. The molecule has 1 aliphatic rings. The van der Waals surface area contributed by atoms with Gasteiger partial charge in [0, 0.05) is 18.3 Å². The van der Waals surface area contributed by atoms with Crippen LogP contribution in [0.2, 0.25) is 0 Å². The molecule has 1 aliphatic carbocycles. The number of amides is 2. The number of hydrogen-bond donors (Lipinski definition) is 1. The molecule has 0 aliphatic heterocycles. The first-order chi connectivity index (χ1) is 9.20. The largest absolute Gasteiger partial charge is 0.335 e. The molecule has 2 amide bonds. The van der Waals surface area contributed by atoms with Crippen molar-refractivity contribution in [1.82, 2.24) is 5.32 Å². The predicted octanol–water partition coefficient (Wildman–Crippen LogP) is 3.86. The molecule has 0 saturated heterocycles. The lowest BCUT2D eigenvalue weighted by molar-refractivity contribution is 0.238. The standard InChI is InChI=1S/C16H24N2O/c1-3-18(15-11-9-13(2)10-12-15)16(19)17-14-7-5-4-6-8-14/h9-12,14H,3-8H2,1-2H3,(H,17,19). The molecule has 1 aromatic carbocycles. The topological polar surface area (TPSA) is 32.3 Å². The Balaban J connectivity index is 2.00.